The SMILES string of the molecule is CCc1cnc(CNCc2cc(F)ccc2Cl)o1. The van der Waals surface area contributed by atoms with Crippen LogP contribution in [0.1, 0.15) is 24.1 Å². The average Bonchev–Trinajstić information content (AvgIpc) is 2.81. The predicted octanol–water partition coefficient (Wildman–Crippen LogP) is 3.32. The summed E-state index contributed by atoms with van der Waals surface area (Å²) in [6, 6.07) is 4.31. The van der Waals surface area contributed by atoms with Crippen molar-refractivity contribution >= 4 is 11.6 Å². The minimum atomic E-state index is -0.291. The van der Waals surface area contributed by atoms with Crippen LogP contribution in [0.2, 0.25) is 5.02 Å². The lowest BCUT2D eigenvalue weighted by atomic mass is 10.2. The van der Waals surface area contributed by atoms with Crippen molar-refractivity contribution in [3.8, 4) is 0 Å². The van der Waals surface area contributed by atoms with E-state index in [2.05, 4.69) is 10.3 Å². The normalized spacial score (nSPS) is 10.8. The van der Waals surface area contributed by atoms with Gasteiger partial charge in [-0.25, -0.2) is 9.37 Å². The third-order valence-corrected chi connectivity index (χ3v) is 2.92. The van der Waals surface area contributed by atoms with Gasteiger partial charge in [0.1, 0.15) is 11.6 Å². The van der Waals surface area contributed by atoms with Crippen molar-refractivity contribution in [2.45, 2.75) is 26.4 Å². The molecule has 0 amide bonds. The van der Waals surface area contributed by atoms with Crippen molar-refractivity contribution in [1.82, 2.24) is 10.3 Å². The fourth-order valence-electron chi connectivity index (χ4n) is 1.58. The van der Waals surface area contributed by atoms with E-state index in [1.165, 1.54) is 12.1 Å². The van der Waals surface area contributed by atoms with Crippen LogP contribution in [0.3, 0.4) is 0 Å². The molecule has 1 N–H and O–H groups in total. The summed E-state index contributed by atoms with van der Waals surface area (Å²) in [6.07, 6.45) is 2.54. The first-order valence-electron chi connectivity index (χ1n) is 5.77. The Hall–Kier alpha value is -1.39. The second kappa shape index (κ2) is 5.98. The van der Waals surface area contributed by atoms with Gasteiger partial charge in [0.05, 0.1) is 12.7 Å². The molecule has 18 heavy (non-hydrogen) atoms. The van der Waals surface area contributed by atoms with E-state index in [0.717, 1.165) is 17.7 Å². The molecule has 1 aromatic carbocycles. The molecule has 0 saturated carbocycles. The second-order valence-corrected chi connectivity index (χ2v) is 4.32. The minimum Gasteiger partial charge on any atom is -0.444 e. The van der Waals surface area contributed by atoms with Crippen LogP contribution in [-0.2, 0) is 19.5 Å². The molecular formula is C13H14ClFN2O. The van der Waals surface area contributed by atoms with E-state index < -0.39 is 0 Å². The molecule has 3 nitrogen and oxygen atoms in total. The van der Waals surface area contributed by atoms with Crippen LogP contribution in [0.4, 0.5) is 4.39 Å². The Morgan fingerprint density at radius 1 is 1.39 bits per heavy atom. The molecule has 0 aliphatic heterocycles. The van der Waals surface area contributed by atoms with Gasteiger partial charge >= 0.3 is 0 Å². The highest BCUT2D eigenvalue weighted by molar-refractivity contribution is 6.31. The van der Waals surface area contributed by atoms with Gasteiger partial charge in [0.2, 0.25) is 5.89 Å². The van der Waals surface area contributed by atoms with Crippen LogP contribution in [0.15, 0.2) is 28.8 Å². The second-order valence-electron chi connectivity index (χ2n) is 3.91. The smallest absolute Gasteiger partial charge is 0.208 e. The van der Waals surface area contributed by atoms with Crippen LogP contribution in [0.5, 0.6) is 0 Å². The monoisotopic (exact) mass is 268 g/mol. The lowest BCUT2D eigenvalue weighted by Gasteiger charge is -2.05. The summed E-state index contributed by atoms with van der Waals surface area (Å²) in [4.78, 5) is 4.12. The molecule has 5 heteroatoms. The van der Waals surface area contributed by atoms with Crippen molar-refractivity contribution in [3.05, 3.63) is 52.5 Å². The minimum absolute atomic E-state index is 0.291. The molecule has 1 aromatic heterocycles. The number of aromatic nitrogens is 1. The Labute approximate surface area is 110 Å². The molecular weight excluding hydrogens is 255 g/mol. The van der Waals surface area contributed by atoms with Gasteiger partial charge in [0.25, 0.3) is 0 Å². The molecule has 96 valence electrons. The Balaban J connectivity index is 1.90. The molecule has 0 bridgehead atoms. The molecule has 0 aliphatic rings. The Morgan fingerprint density at radius 3 is 2.94 bits per heavy atom. The fraction of sp³-hybridized carbons (Fsp3) is 0.308. The number of benzene rings is 1. The molecule has 2 aromatic rings. The Kier molecular flexibility index (Phi) is 4.33. The van der Waals surface area contributed by atoms with Crippen LogP contribution in [0.25, 0.3) is 0 Å². The van der Waals surface area contributed by atoms with Gasteiger partial charge in [0, 0.05) is 18.0 Å². The number of halogens is 2. The lowest BCUT2D eigenvalue weighted by molar-refractivity contribution is 0.439. The maximum atomic E-state index is 13.0. The molecule has 2 rings (SSSR count). The van der Waals surface area contributed by atoms with Gasteiger partial charge in [-0.3, -0.25) is 0 Å². The topological polar surface area (TPSA) is 38.1 Å². The lowest BCUT2D eigenvalue weighted by Crippen LogP contribution is -2.13. The summed E-state index contributed by atoms with van der Waals surface area (Å²) < 4.78 is 18.5. The number of rotatable bonds is 5. The van der Waals surface area contributed by atoms with Gasteiger partial charge in [-0.1, -0.05) is 18.5 Å². The van der Waals surface area contributed by atoms with E-state index in [-0.39, 0.29) is 5.82 Å². The van der Waals surface area contributed by atoms with E-state index >= 15 is 0 Å². The molecule has 0 aliphatic carbocycles. The molecule has 0 spiro atoms. The number of hydrogen-bond donors (Lipinski definition) is 1. The summed E-state index contributed by atoms with van der Waals surface area (Å²) >= 11 is 5.96. The van der Waals surface area contributed by atoms with Crippen LogP contribution >= 0.6 is 11.6 Å². The summed E-state index contributed by atoms with van der Waals surface area (Å²) in [5.74, 6) is 1.19. The number of oxazole rings is 1. The summed E-state index contributed by atoms with van der Waals surface area (Å²) in [6.45, 7) is 2.97. The average molecular weight is 269 g/mol. The van der Waals surface area contributed by atoms with E-state index in [1.54, 1.807) is 12.3 Å². The van der Waals surface area contributed by atoms with Gasteiger partial charge in [0.15, 0.2) is 0 Å². The van der Waals surface area contributed by atoms with Gasteiger partial charge < -0.3 is 9.73 Å². The number of hydrogen-bond acceptors (Lipinski definition) is 3. The largest absolute Gasteiger partial charge is 0.444 e. The molecule has 0 radical (unpaired) electrons. The van der Waals surface area contributed by atoms with Crippen LogP contribution < -0.4 is 5.32 Å². The van der Waals surface area contributed by atoms with E-state index in [9.17, 15) is 4.39 Å². The van der Waals surface area contributed by atoms with Crippen molar-refractivity contribution in [2.75, 3.05) is 0 Å². The molecule has 0 saturated heterocycles. The standard InChI is InChI=1S/C13H14ClFN2O/c1-2-11-7-17-13(18-11)8-16-6-9-5-10(15)3-4-12(9)14/h3-5,7,16H,2,6,8H2,1H3. The van der Waals surface area contributed by atoms with Gasteiger partial charge in [-0.15, -0.1) is 0 Å². The molecule has 0 unspecified atom stereocenters. The Bertz CT molecular complexity index is 527. The zero-order chi connectivity index (χ0) is 13.0. The maximum absolute atomic E-state index is 13.0. The zero-order valence-corrected chi connectivity index (χ0v) is 10.8. The molecule has 1 heterocycles. The third-order valence-electron chi connectivity index (χ3n) is 2.55. The van der Waals surface area contributed by atoms with E-state index in [0.29, 0.717) is 24.0 Å². The number of aryl methyl sites for hydroxylation is 1. The zero-order valence-electron chi connectivity index (χ0n) is 10.0. The number of nitrogens with one attached hydrogen (secondary N) is 1. The van der Waals surface area contributed by atoms with Gasteiger partial charge in [-0.05, 0) is 23.8 Å². The first kappa shape index (κ1) is 13.1. The Morgan fingerprint density at radius 2 is 2.22 bits per heavy atom. The molecule has 0 fully saturated rings. The fourth-order valence-corrected chi connectivity index (χ4v) is 1.76. The van der Waals surface area contributed by atoms with E-state index in [4.69, 9.17) is 16.0 Å². The summed E-state index contributed by atoms with van der Waals surface area (Å²) in [5, 5.41) is 3.66. The quantitative estimate of drug-likeness (QED) is 0.904. The van der Waals surface area contributed by atoms with Gasteiger partial charge in [-0.2, -0.15) is 0 Å². The van der Waals surface area contributed by atoms with Crippen molar-refractivity contribution in [1.29, 1.82) is 0 Å². The highest BCUT2D eigenvalue weighted by Crippen LogP contribution is 2.16. The van der Waals surface area contributed by atoms with Crippen LogP contribution in [-0.4, -0.2) is 4.98 Å². The summed E-state index contributed by atoms with van der Waals surface area (Å²) in [5.41, 5.74) is 0.721. The first-order valence-corrected chi connectivity index (χ1v) is 6.15. The maximum Gasteiger partial charge on any atom is 0.208 e. The first-order chi connectivity index (χ1) is 8.69. The highest BCUT2D eigenvalue weighted by atomic mass is 35.5. The highest BCUT2D eigenvalue weighted by Gasteiger charge is 2.04. The third kappa shape index (κ3) is 3.31. The summed E-state index contributed by atoms with van der Waals surface area (Å²) in [7, 11) is 0. The van der Waals surface area contributed by atoms with Crippen molar-refractivity contribution in [2.24, 2.45) is 0 Å². The predicted molar refractivity (Wildman–Crippen MR) is 67.8 cm³/mol. The van der Waals surface area contributed by atoms with Crippen LogP contribution in [0, 0.1) is 5.82 Å². The molecule has 0 atom stereocenters. The van der Waals surface area contributed by atoms with E-state index in [1.807, 2.05) is 6.92 Å². The van der Waals surface area contributed by atoms with Crippen molar-refractivity contribution < 1.29 is 8.81 Å². The van der Waals surface area contributed by atoms with Crippen molar-refractivity contribution in [3.63, 3.8) is 0 Å². The number of nitrogens with zero attached hydrogens (tertiary/aromatic N) is 1.